The molecule has 1 fully saturated rings. The average Bonchev–Trinajstić information content (AvgIpc) is 3.12. The van der Waals surface area contributed by atoms with Crippen molar-refractivity contribution in [3.05, 3.63) is 59.9 Å². The minimum atomic E-state index is 0.608. The lowest BCUT2D eigenvalue weighted by Crippen LogP contribution is -2.46. The number of pyridine rings is 1. The van der Waals surface area contributed by atoms with E-state index in [0.717, 1.165) is 38.5 Å². The maximum atomic E-state index is 8.86. The molecular weight excluding hydrogens is 298 g/mol. The van der Waals surface area contributed by atoms with E-state index in [9.17, 15) is 0 Å². The molecule has 5 nitrogen and oxygen atoms in total. The highest BCUT2D eigenvalue weighted by molar-refractivity contribution is 5.82. The van der Waals surface area contributed by atoms with Crippen LogP contribution in [0.25, 0.3) is 10.9 Å². The van der Waals surface area contributed by atoms with Crippen molar-refractivity contribution in [3.8, 4) is 6.07 Å². The Kier molecular flexibility index (Phi) is 3.89. The predicted molar refractivity (Wildman–Crippen MR) is 94.7 cm³/mol. The SMILES string of the molecule is N#Cc1ccc(N2CCN(Cc3cccc4[nH]ccc34)CC2)nc1. The standard InChI is InChI=1S/C19H19N5/c20-12-15-4-5-19(22-13-15)24-10-8-23(9-11-24)14-16-2-1-3-18-17(16)6-7-21-18/h1-7,13,21H,8-11,14H2. The van der Waals surface area contributed by atoms with Gasteiger partial charge in [0.15, 0.2) is 0 Å². The van der Waals surface area contributed by atoms with Crippen molar-refractivity contribution in [2.75, 3.05) is 31.1 Å². The normalized spacial score (nSPS) is 15.5. The Morgan fingerprint density at radius 3 is 2.71 bits per heavy atom. The number of rotatable bonds is 3. The van der Waals surface area contributed by atoms with Crippen molar-refractivity contribution >= 4 is 16.7 Å². The number of fused-ring (bicyclic) bond motifs is 1. The Hall–Kier alpha value is -2.84. The monoisotopic (exact) mass is 317 g/mol. The summed E-state index contributed by atoms with van der Waals surface area (Å²) in [6.07, 6.45) is 3.65. The minimum Gasteiger partial charge on any atom is -0.361 e. The lowest BCUT2D eigenvalue weighted by atomic mass is 10.1. The first-order chi connectivity index (χ1) is 11.8. The summed E-state index contributed by atoms with van der Waals surface area (Å²) < 4.78 is 0. The summed E-state index contributed by atoms with van der Waals surface area (Å²) in [5.74, 6) is 0.960. The number of piperazine rings is 1. The molecule has 0 spiro atoms. The van der Waals surface area contributed by atoms with Crippen LogP contribution in [0.5, 0.6) is 0 Å². The second kappa shape index (κ2) is 6.34. The summed E-state index contributed by atoms with van der Waals surface area (Å²) in [5, 5.41) is 10.2. The number of hydrogen-bond acceptors (Lipinski definition) is 4. The van der Waals surface area contributed by atoms with Gasteiger partial charge in [0.1, 0.15) is 11.9 Å². The molecule has 1 N–H and O–H groups in total. The zero-order valence-corrected chi connectivity index (χ0v) is 13.4. The number of anilines is 1. The van der Waals surface area contributed by atoms with Crippen molar-refractivity contribution in [1.82, 2.24) is 14.9 Å². The van der Waals surface area contributed by atoms with E-state index in [1.165, 1.54) is 16.5 Å². The van der Waals surface area contributed by atoms with E-state index in [1.54, 1.807) is 6.20 Å². The second-order valence-corrected chi connectivity index (χ2v) is 6.14. The molecule has 0 aliphatic carbocycles. The fourth-order valence-corrected chi connectivity index (χ4v) is 3.30. The van der Waals surface area contributed by atoms with Crippen molar-refractivity contribution in [2.24, 2.45) is 0 Å². The summed E-state index contributed by atoms with van der Waals surface area (Å²) in [6.45, 7) is 4.93. The van der Waals surface area contributed by atoms with Crippen molar-refractivity contribution in [2.45, 2.75) is 6.54 Å². The molecule has 5 heteroatoms. The molecule has 1 aliphatic rings. The molecule has 24 heavy (non-hydrogen) atoms. The first-order valence-corrected chi connectivity index (χ1v) is 8.22. The number of nitriles is 1. The van der Waals surface area contributed by atoms with Gasteiger partial charge in [0, 0.05) is 56.0 Å². The number of aromatic amines is 1. The van der Waals surface area contributed by atoms with E-state index in [-0.39, 0.29) is 0 Å². The highest BCUT2D eigenvalue weighted by Gasteiger charge is 2.18. The zero-order valence-electron chi connectivity index (χ0n) is 13.4. The fraction of sp³-hybridized carbons (Fsp3) is 0.263. The van der Waals surface area contributed by atoms with Gasteiger partial charge in [-0.2, -0.15) is 5.26 Å². The number of benzene rings is 1. The van der Waals surface area contributed by atoms with Crippen LogP contribution < -0.4 is 4.90 Å². The highest BCUT2D eigenvalue weighted by Crippen LogP contribution is 2.20. The summed E-state index contributed by atoms with van der Waals surface area (Å²) in [7, 11) is 0. The first kappa shape index (κ1) is 14.7. The molecule has 0 amide bonds. The second-order valence-electron chi connectivity index (χ2n) is 6.14. The number of nitrogens with zero attached hydrogens (tertiary/aromatic N) is 4. The Morgan fingerprint density at radius 2 is 1.96 bits per heavy atom. The lowest BCUT2D eigenvalue weighted by Gasteiger charge is -2.35. The third-order valence-electron chi connectivity index (χ3n) is 4.65. The molecule has 0 unspecified atom stereocenters. The van der Waals surface area contributed by atoms with Gasteiger partial charge in [-0.15, -0.1) is 0 Å². The molecule has 1 aliphatic heterocycles. The van der Waals surface area contributed by atoms with Crippen LogP contribution in [0.15, 0.2) is 48.8 Å². The largest absolute Gasteiger partial charge is 0.361 e. The third kappa shape index (κ3) is 2.84. The van der Waals surface area contributed by atoms with Gasteiger partial charge in [0.05, 0.1) is 5.56 Å². The molecule has 3 aromatic rings. The predicted octanol–water partition coefficient (Wildman–Crippen LogP) is 2.76. The summed E-state index contributed by atoms with van der Waals surface area (Å²) in [4.78, 5) is 12.4. The minimum absolute atomic E-state index is 0.608. The van der Waals surface area contributed by atoms with E-state index >= 15 is 0 Å². The number of hydrogen-bond donors (Lipinski definition) is 1. The van der Waals surface area contributed by atoms with Crippen LogP contribution in [0.3, 0.4) is 0 Å². The first-order valence-electron chi connectivity index (χ1n) is 8.22. The molecule has 120 valence electrons. The number of aromatic nitrogens is 2. The molecule has 0 saturated carbocycles. The Labute approximate surface area is 141 Å². The number of nitrogens with one attached hydrogen (secondary N) is 1. The molecule has 0 bridgehead atoms. The summed E-state index contributed by atoms with van der Waals surface area (Å²) >= 11 is 0. The molecule has 1 saturated heterocycles. The Bertz CT molecular complexity index is 867. The van der Waals surface area contributed by atoms with E-state index in [0.29, 0.717) is 5.56 Å². The van der Waals surface area contributed by atoms with Crippen molar-refractivity contribution in [3.63, 3.8) is 0 Å². The lowest BCUT2D eigenvalue weighted by molar-refractivity contribution is 0.250. The topological polar surface area (TPSA) is 59.0 Å². The van der Waals surface area contributed by atoms with Crippen LogP contribution in [0, 0.1) is 11.3 Å². The molecule has 0 radical (unpaired) electrons. The maximum Gasteiger partial charge on any atom is 0.128 e. The highest BCUT2D eigenvalue weighted by atomic mass is 15.3. The smallest absolute Gasteiger partial charge is 0.128 e. The molecule has 4 rings (SSSR count). The summed E-state index contributed by atoms with van der Waals surface area (Å²) in [5.41, 5.74) is 3.18. The molecule has 3 heterocycles. The third-order valence-corrected chi connectivity index (χ3v) is 4.65. The van der Waals surface area contributed by atoms with E-state index in [4.69, 9.17) is 5.26 Å². The van der Waals surface area contributed by atoms with Gasteiger partial charge in [-0.3, -0.25) is 4.90 Å². The maximum absolute atomic E-state index is 8.86. The van der Waals surface area contributed by atoms with Crippen LogP contribution in [-0.4, -0.2) is 41.0 Å². The zero-order chi connectivity index (χ0) is 16.4. The van der Waals surface area contributed by atoms with Gasteiger partial charge in [0.25, 0.3) is 0 Å². The Morgan fingerprint density at radius 1 is 1.08 bits per heavy atom. The van der Waals surface area contributed by atoms with Crippen LogP contribution in [0.4, 0.5) is 5.82 Å². The summed E-state index contributed by atoms with van der Waals surface area (Å²) in [6, 6.07) is 14.5. The van der Waals surface area contributed by atoms with Gasteiger partial charge < -0.3 is 9.88 Å². The van der Waals surface area contributed by atoms with Crippen LogP contribution in [-0.2, 0) is 6.54 Å². The van der Waals surface area contributed by atoms with Gasteiger partial charge in [-0.25, -0.2) is 4.98 Å². The van der Waals surface area contributed by atoms with E-state index in [1.807, 2.05) is 18.3 Å². The van der Waals surface area contributed by atoms with Crippen LogP contribution in [0.1, 0.15) is 11.1 Å². The fourth-order valence-electron chi connectivity index (χ4n) is 3.30. The van der Waals surface area contributed by atoms with E-state index in [2.05, 4.69) is 50.1 Å². The van der Waals surface area contributed by atoms with Gasteiger partial charge in [-0.05, 0) is 29.8 Å². The van der Waals surface area contributed by atoms with Crippen LogP contribution in [0.2, 0.25) is 0 Å². The molecule has 1 aromatic carbocycles. The molecule has 2 aromatic heterocycles. The number of H-pyrrole nitrogens is 1. The van der Waals surface area contributed by atoms with Crippen molar-refractivity contribution < 1.29 is 0 Å². The Balaban J connectivity index is 1.41. The van der Waals surface area contributed by atoms with E-state index < -0.39 is 0 Å². The van der Waals surface area contributed by atoms with Gasteiger partial charge in [-0.1, -0.05) is 12.1 Å². The average molecular weight is 317 g/mol. The van der Waals surface area contributed by atoms with Crippen molar-refractivity contribution in [1.29, 1.82) is 5.26 Å². The van der Waals surface area contributed by atoms with Gasteiger partial charge >= 0.3 is 0 Å². The van der Waals surface area contributed by atoms with Gasteiger partial charge in [0.2, 0.25) is 0 Å². The molecular formula is C19H19N5. The molecule has 0 atom stereocenters. The quantitative estimate of drug-likeness (QED) is 0.807. The van der Waals surface area contributed by atoms with Crippen LogP contribution >= 0.6 is 0 Å².